The first-order valence-electron chi connectivity index (χ1n) is 5.22. The Morgan fingerprint density at radius 2 is 2.15 bits per heavy atom. The van der Waals surface area contributed by atoms with E-state index in [4.69, 9.17) is 0 Å². The van der Waals surface area contributed by atoms with Gasteiger partial charge >= 0.3 is 0 Å². The van der Waals surface area contributed by atoms with Crippen molar-refractivity contribution in [2.75, 3.05) is 5.32 Å². The van der Waals surface area contributed by atoms with E-state index in [1.165, 1.54) is 30.5 Å². The van der Waals surface area contributed by atoms with E-state index in [1.54, 1.807) is 5.56 Å². The molecule has 3 rings (SSSR count). The number of fused-ring (bicyclic) bond motifs is 1. The van der Waals surface area contributed by atoms with Crippen LogP contribution in [0.5, 0.6) is 0 Å². The predicted octanol–water partition coefficient (Wildman–Crippen LogP) is 2.92. The van der Waals surface area contributed by atoms with Crippen LogP contribution in [0.3, 0.4) is 0 Å². The maximum Gasteiger partial charge on any atom is 0.0375 e. The van der Waals surface area contributed by atoms with Crippen molar-refractivity contribution in [1.82, 2.24) is 0 Å². The molecule has 1 saturated carbocycles. The highest BCUT2D eigenvalue weighted by molar-refractivity contribution is 5.58. The van der Waals surface area contributed by atoms with Crippen molar-refractivity contribution >= 4 is 5.69 Å². The largest absolute Gasteiger partial charge is 0.382 e. The van der Waals surface area contributed by atoms with Gasteiger partial charge in [-0.15, -0.1) is 0 Å². The summed E-state index contributed by atoms with van der Waals surface area (Å²) < 4.78 is 0. The first-order valence-corrected chi connectivity index (χ1v) is 5.22. The standard InChI is InChI=1S/C12H15N/c1-8-6-11-7-10(9-2-3-9)4-5-12(11)13-8/h4-5,7-9,13H,2-3,6H2,1H3. The van der Waals surface area contributed by atoms with Crippen LogP contribution in [0.1, 0.15) is 36.8 Å². The molecule has 68 valence electrons. The van der Waals surface area contributed by atoms with Gasteiger partial charge in [-0.2, -0.15) is 0 Å². The molecule has 1 fully saturated rings. The van der Waals surface area contributed by atoms with Gasteiger partial charge in [0.15, 0.2) is 0 Å². The summed E-state index contributed by atoms with van der Waals surface area (Å²) in [4.78, 5) is 0. The van der Waals surface area contributed by atoms with Crippen LogP contribution in [-0.2, 0) is 6.42 Å². The van der Waals surface area contributed by atoms with Gasteiger partial charge in [0.05, 0.1) is 0 Å². The molecule has 1 unspecified atom stereocenters. The zero-order chi connectivity index (χ0) is 8.84. The van der Waals surface area contributed by atoms with Gasteiger partial charge in [-0.25, -0.2) is 0 Å². The first-order chi connectivity index (χ1) is 6.33. The van der Waals surface area contributed by atoms with E-state index in [2.05, 4.69) is 30.4 Å². The van der Waals surface area contributed by atoms with Crippen LogP contribution in [0.15, 0.2) is 18.2 Å². The minimum atomic E-state index is 0.629. The van der Waals surface area contributed by atoms with Crippen molar-refractivity contribution < 1.29 is 0 Å². The third kappa shape index (κ3) is 1.23. The lowest BCUT2D eigenvalue weighted by molar-refractivity contribution is 0.838. The second kappa shape index (κ2) is 2.50. The molecule has 0 spiro atoms. The summed E-state index contributed by atoms with van der Waals surface area (Å²) >= 11 is 0. The zero-order valence-corrected chi connectivity index (χ0v) is 8.01. The number of anilines is 1. The molecule has 0 saturated heterocycles. The molecule has 0 amide bonds. The molecular weight excluding hydrogens is 158 g/mol. The van der Waals surface area contributed by atoms with Crippen molar-refractivity contribution in [2.45, 2.75) is 38.1 Å². The molecule has 2 aliphatic rings. The van der Waals surface area contributed by atoms with E-state index in [1.807, 2.05) is 0 Å². The van der Waals surface area contributed by atoms with Crippen molar-refractivity contribution in [3.05, 3.63) is 29.3 Å². The Balaban J connectivity index is 1.98. The maximum absolute atomic E-state index is 3.48. The summed E-state index contributed by atoms with van der Waals surface area (Å²) in [6.07, 6.45) is 4.01. The third-order valence-corrected chi connectivity index (χ3v) is 3.11. The van der Waals surface area contributed by atoms with Crippen molar-refractivity contribution in [3.8, 4) is 0 Å². The Morgan fingerprint density at radius 3 is 2.92 bits per heavy atom. The quantitative estimate of drug-likeness (QED) is 0.688. The average molecular weight is 173 g/mol. The highest BCUT2D eigenvalue weighted by Crippen LogP contribution is 2.41. The molecule has 1 aromatic carbocycles. The lowest BCUT2D eigenvalue weighted by atomic mass is 10.0. The van der Waals surface area contributed by atoms with Gasteiger partial charge < -0.3 is 5.32 Å². The number of benzene rings is 1. The SMILES string of the molecule is CC1Cc2cc(C3CC3)ccc2N1. The molecule has 1 heterocycles. The van der Waals surface area contributed by atoms with Gasteiger partial charge in [-0.3, -0.25) is 0 Å². The van der Waals surface area contributed by atoms with E-state index in [0.717, 1.165) is 5.92 Å². The second-order valence-electron chi connectivity index (χ2n) is 4.44. The Bertz CT molecular complexity index is 339. The Morgan fingerprint density at radius 1 is 1.31 bits per heavy atom. The lowest BCUT2D eigenvalue weighted by Crippen LogP contribution is -2.08. The van der Waals surface area contributed by atoms with Crippen LogP contribution in [0.25, 0.3) is 0 Å². The van der Waals surface area contributed by atoms with Gasteiger partial charge in [0, 0.05) is 11.7 Å². The number of hydrogen-bond acceptors (Lipinski definition) is 1. The summed E-state index contributed by atoms with van der Waals surface area (Å²) in [6, 6.07) is 7.59. The molecule has 0 aromatic heterocycles. The minimum Gasteiger partial charge on any atom is -0.382 e. The Labute approximate surface area is 79.2 Å². The van der Waals surface area contributed by atoms with Crippen LogP contribution in [0.4, 0.5) is 5.69 Å². The molecular formula is C12H15N. The molecule has 13 heavy (non-hydrogen) atoms. The van der Waals surface area contributed by atoms with Gasteiger partial charge in [0.25, 0.3) is 0 Å². The van der Waals surface area contributed by atoms with Crippen LogP contribution in [0, 0.1) is 0 Å². The Kier molecular flexibility index (Phi) is 1.43. The van der Waals surface area contributed by atoms with Gasteiger partial charge in [0.1, 0.15) is 0 Å². The first kappa shape index (κ1) is 7.43. The average Bonchev–Trinajstić information content (AvgIpc) is 2.87. The van der Waals surface area contributed by atoms with E-state index in [0.29, 0.717) is 6.04 Å². The van der Waals surface area contributed by atoms with Gasteiger partial charge in [-0.1, -0.05) is 12.1 Å². The molecule has 1 heteroatoms. The topological polar surface area (TPSA) is 12.0 Å². The summed E-state index contributed by atoms with van der Waals surface area (Å²) in [5, 5.41) is 3.48. The number of rotatable bonds is 1. The summed E-state index contributed by atoms with van der Waals surface area (Å²) in [5.74, 6) is 0.890. The summed E-state index contributed by atoms with van der Waals surface area (Å²) in [5.41, 5.74) is 4.45. The van der Waals surface area contributed by atoms with Crippen molar-refractivity contribution in [1.29, 1.82) is 0 Å². The molecule has 1 aliphatic heterocycles. The fourth-order valence-corrected chi connectivity index (χ4v) is 2.24. The number of hydrogen-bond donors (Lipinski definition) is 1. The summed E-state index contributed by atoms with van der Waals surface area (Å²) in [7, 11) is 0. The van der Waals surface area contributed by atoms with E-state index in [9.17, 15) is 0 Å². The molecule has 1 atom stereocenters. The fourth-order valence-electron chi connectivity index (χ4n) is 2.24. The molecule has 1 aromatic rings. The smallest absolute Gasteiger partial charge is 0.0375 e. The molecule has 1 nitrogen and oxygen atoms in total. The van der Waals surface area contributed by atoms with Gasteiger partial charge in [0.2, 0.25) is 0 Å². The molecule has 0 bridgehead atoms. The van der Waals surface area contributed by atoms with Crippen molar-refractivity contribution in [3.63, 3.8) is 0 Å². The highest BCUT2D eigenvalue weighted by atomic mass is 14.9. The zero-order valence-electron chi connectivity index (χ0n) is 8.01. The maximum atomic E-state index is 3.48. The van der Waals surface area contributed by atoms with Crippen LogP contribution < -0.4 is 5.32 Å². The monoisotopic (exact) mass is 173 g/mol. The third-order valence-electron chi connectivity index (χ3n) is 3.11. The van der Waals surface area contributed by atoms with E-state index in [-0.39, 0.29) is 0 Å². The normalized spacial score (nSPS) is 25.5. The number of nitrogens with one attached hydrogen (secondary N) is 1. The molecule has 1 aliphatic carbocycles. The predicted molar refractivity (Wildman–Crippen MR) is 55.2 cm³/mol. The second-order valence-corrected chi connectivity index (χ2v) is 4.44. The van der Waals surface area contributed by atoms with Crippen LogP contribution in [0.2, 0.25) is 0 Å². The van der Waals surface area contributed by atoms with Crippen LogP contribution in [-0.4, -0.2) is 6.04 Å². The summed E-state index contributed by atoms with van der Waals surface area (Å²) in [6.45, 7) is 2.25. The van der Waals surface area contributed by atoms with Gasteiger partial charge in [-0.05, 0) is 49.3 Å². The van der Waals surface area contributed by atoms with E-state index < -0.39 is 0 Å². The van der Waals surface area contributed by atoms with E-state index >= 15 is 0 Å². The lowest BCUT2D eigenvalue weighted by Gasteiger charge is -2.03. The van der Waals surface area contributed by atoms with Crippen LogP contribution >= 0.6 is 0 Å². The van der Waals surface area contributed by atoms with Crippen molar-refractivity contribution in [2.24, 2.45) is 0 Å². The minimum absolute atomic E-state index is 0.629. The fraction of sp³-hybridized carbons (Fsp3) is 0.500. The Hall–Kier alpha value is -0.980. The highest BCUT2D eigenvalue weighted by Gasteiger charge is 2.25. The molecule has 0 radical (unpaired) electrons. The molecule has 1 N–H and O–H groups in total.